The fraction of sp³-hybridized carbons (Fsp3) is 0.273. The number of aliphatic hydroxyl groups is 1. The Morgan fingerprint density at radius 3 is 2.19 bits per heavy atom. The molecule has 1 N–H and O–H groups in total. The van der Waals surface area contributed by atoms with Gasteiger partial charge in [-0.25, -0.2) is 0 Å². The van der Waals surface area contributed by atoms with Gasteiger partial charge in [-0.1, -0.05) is 60.7 Å². The van der Waals surface area contributed by atoms with Crippen LogP contribution in [-0.4, -0.2) is 53.8 Å². The molecule has 1 atom stereocenters. The molecule has 2 aromatic carbocycles. The van der Waals surface area contributed by atoms with Crippen LogP contribution in [0.15, 0.2) is 66.2 Å². The first kappa shape index (κ1) is 18.9. The van der Waals surface area contributed by atoms with Crippen LogP contribution in [-0.2, 0) is 9.59 Å². The first-order valence-corrected chi connectivity index (χ1v) is 9.04. The van der Waals surface area contributed by atoms with Crippen molar-refractivity contribution in [3.05, 3.63) is 77.4 Å². The van der Waals surface area contributed by atoms with Gasteiger partial charge in [0.25, 0.3) is 11.7 Å². The predicted molar refractivity (Wildman–Crippen MR) is 105 cm³/mol. The molecule has 0 saturated carbocycles. The number of carbonyl (C=O) groups excluding carboxylic acids is 2. The number of ketones is 1. The lowest BCUT2D eigenvalue weighted by Crippen LogP contribution is -2.32. The molecule has 0 radical (unpaired) electrons. The van der Waals surface area contributed by atoms with Crippen LogP contribution < -0.4 is 0 Å². The number of carbonyl (C=O) groups is 2. The molecular formula is C22H24N2O3. The zero-order valence-electron chi connectivity index (χ0n) is 15.6. The SMILES string of the molecule is CN(C)CCCN1C(=O)C(=O)C(=C(O)c2ccccc2)[C@@H]1c1ccccc1. The number of amides is 1. The molecule has 0 spiro atoms. The van der Waals surface area contributed by atoms with Crippen molar-refractivity contribution in [2.24, 2.45) is 0 Å². The van der Waals surface area contributed by atoms with Crippen LogP contribution in [0, 0.1) is 0 Å². The molecular weight excluding hydrogens is 340 g/mol. The van der Waals surface area contributed by atoms with Crippen molar-refractivity contribution in [3.63, 3.8) is 0 Å². The molecule has 0 bridgehead atoms. The molecule has 27 heavy (non-hydrogen) atoms. The number of Topliss-reactive ketones (excluding diaryl/α,β-unsaturated/α-hetero) is 1. The molecule has 2 aromatic rings. The fourth-order valence-electron chi connectivity index (χ4n) is 3.40. The van der Waals surface area contributed by atoms with E-state index in [-0.39, 0.29) is 11.3 Å². The van der Waals surface area contributed by atoms with Gasteiger partial charge < -0.3 is 14.9 Å². The van der Waals surface area contributed by atoms with E-state index in [1.807, 2.05) is 55.4 Å². The van der Waals surface area contributed by atoms with Gasteiger partial charge in [0.05, 0.1) is 11.6 Å². The van der Waals surface area contributed by atoms with Crippen molar-refractivity contribution in [2.75, 3.05) is 27.2 Å². The molecule has 1 saturated heterocycles. The Balaban J connectivity index is 2.05. The molecule has 1 fully saturated rings. The zero-order chi connectivity index (χ0) is 19.4. The average molecular weight is 364 g/mol. The molecule has 1 amide bonds. The van der Waals surface area contributed by atoms with Crippen LogP contribution in [0.2, 0.25) is 0 Å². The molecule has 1 heterocycles. The second kappa shape index (κ2) is 8.18. The lowest BCUT2D eigenvalue weighted by atomic mass is 9.95. The van der Waals surface area contributed by atoms with Crippen LogP contribution in [0.5, 0.6) is 0 Å². The molecule has 0 unspecified atom stereocenters. The van der Waals surface area contributed by atoms with Crippen LogP contribution in [0.1, 0.15) is 23.6 Å². The van der Waals surface area contributed by atoms with E-state index < -0.39 is 17.7 Å². The van der Waals surface area contributed by atoms with Crippen LogP contribution in [0.25, 0.3) is 5.76 Å². The summed E-state index contributed by atoms with van der Waals surface area (Å²) in [6.07, 6.45) is 0.745. The van der Waals surface area contributed by atoms with Crippen molar-refractivity contribution < 1.29 is 14.7 Å². The van der Waals surface area contributed by atoms with Crippen molar-refractivity contribution in [1.29, 1.82) is 0 Å². The molecule has 5 nitrogen and oxygen atoms in total. The first-order chi connectivity index (χ1) is 13.0. The standard InChI is InChI=1S/C22H24N2O3/c1-23(2)14-9-15-24-19(16-10-5-3-6-11-16)18(21(26)22(24)27)20(25)17-12-7-4-8-13-17/h3-8,10-13,19,25H,9,14-15H2,1-2H3/t19-/m0/s1. The summed E-state index contributed by atoms with van der Waals surface area (Å²) < 4.78 is 0. The van der Waals surface area contributed by atoms with E-state index in [1.165, 1.54) is 0 Å². The molecule has 1 aliphatic heterocycles. The number of benzene rings is 2. The topological polar surface area (TPSA) is 60.9 Å². The third-order valence-corrected chi connectivity index (χ3v) is 4.71. The largest absolute Gasteiger partial charge is 0.507 e. The van der Waals surface area contributed by atoms with Crippen molar-refractivity contribution in [1.82, 2.24) is 9.80 Å². The lowest BCUT2D eigenvalue weighted by Gasteiger charge is -2.26. The van der Waals surface area contributed by atoms with Crippen molar-refractivity contribution >= 4 is 17.4 Å². The van der Waals surface area contributed by atoms with Gasteiger partial charge in [0.2, 0.25) is 0 Å². The van der Waals surface area contributed by atoms with Gasteiger partial charge in [-0.2, -0.15) is 0 Å². The van der Waals surface area contributed by atoms with Gasteiger partial charge in [0.1, 0.15) is 5.76 Å². The summed E-state index contributed by atoms with van der Waals surface area (Å²) in [5.74, 6) is -1.31. The molecule has 140 valence electrons. The van der Waals surface area contributed by atoms with Gasteiger partial charge in [0, 0.05) is 12.1 Å². The summed E-state index contributed by atoms with van der Waals surface area (Å²) >= 11 is 0. The molecule has 3 rings (SSSR count). The van der Waals surface area contributed by atoms with Crippen molar-refractivity contribution in [3.8, 4) is 0 Å². The third kappa shape index (κ3) is 3.93. The Labute approximate surface area is 159 Å². The molecule has 0 aromatic heterocycles. The number of nitrogens with zero attached hydrogens (tertiary/aromatic N) is 2. The summed E-state index contributed by atoms with van der Waals surface area (Å²) in [4.78, 5) is 29.1. The van der Waals surface area contributed by atoms with E-state index in [2.05, 4.69) is 0 Å². The summed E-state index contributed by atoms with van der Waals surface area (Å²) in [5.41, 5.74) is 1.51. The maximum absolute atomic E-state index is 12.8. The van der Waals surface area contributed by atoms with Gasteiger partial charge in [-0.05, 0) is 32.6 Å². The van der Waals surface area contributed by atoms with Crippen LogP contribution in [0.4, 0.5) is 0 Å². The Kier molecular flexibility index (Phi) is 5.72. The average Bonchev–Trinajstić information content (AvgIpc) is 2.93. The minimum absolute atomic E-state index is 0.127. The van der Waals surface area contributed by atoms with Gasteiger partial charge >= 0.3 is 0 Å². The van der Waals surface area contributed by atoms with Gasteiger partial charge in [-0.3, -0.25) is 9.59 Å². The van der Waals surface area contributed by atoms with E-state index >= 15 is 0 Å². The number of aliphatic hydroxyl groups excluding tert-OH is 1. The summed E-state index contributed by atoms with van der Waals surface area (Å²) in [6, 6.07) is 17.7. The van der Waals surface area contributed by atoms with E-state index in [4.69, 9.17) is 0 Å². The first-order valence-electron chi connectivity index (χ1n) is 9.04. The van der Waals surface area contributed by atoms with Crippen molar-refractivity contribution in [2.45, 2.75) is 12.5 Å². The smallest absolute Gasteiger partial charge is 0.295 e. The summed E-state index contributed by atoms with van der Waals surface area (Å²) in [7, 11) is 3.94. The summed E-state index contributed by atoms with van der Waals surface area (Å²) in [6.45, 7) is 1.26. The third-order valence-electron chi connectivity index (χ3n) is 4.71. The Bertz CT molecular complexity index is 844. The highest BCUT2D eigenvalue weighted by atomic mass is 16.3. The highest BCUT2D eigenvalue weighted by Gasteiger charge is 2.45. The molecule has 0 aliphatic carbocycles. The van der Waals surface area contributed by atoms with Gasteiger partial charge in [-0.15, -0.1) is 0 Å². The van der Waals surface area contributed by atoms with E-state index in [0.29, 0.717) is 12.1 Å². The summed E-state index contributed by atoms with van der Waals surface area (Å²) in [5, 5.41) is 10.8. The maximum Gasteiger partial charge on any atom is 0.295 e. The highest BCUT2D eigenvalue weighted by Crippen LogP contribution is 2.39. The number of hydrogen-bond donors (Lipinski definition) is 1. The number of likely N-dealkylation sites (tertiary alicyclic amines) is 1. The monoisotopic (exact) mass is 364 g/mol. The normalized spacial score (nSPS) is 19.1. The second-order valence-corrected chi connectivity index (χ2v) is 6.93. The minimum Gasteiger partial charge on any atom is -0.507 e. The number of rotatable bonds is 6. The minimum atomic E-state index is -0.630. The van der Waals surface area contributed by atoms with Crippen LogP contribution in [0.3, 0.4) is 0 Å². The van der Waals surface area contributed by atoms with E-state index in [1.54, 1.807) is 29.2 Å². The quantitative estimate of drug-likeness (QED) is 0.486. The Morgan fingerprint density at radius 1 is 1.00 bits per heavy atom. The maximum atomic E-state index is 12.8. The highest BCUT2D eigenvalue weighted by molar-refractivity contribution is 6.46. The Hall–Kier alpha value is -2.92. The lowest BCUT2D eigenvalue weighted by molar-refractivity contribution is -0.139. The van der Waals surface area contributed by atoms with Gasteiger partial charge in [0.15, 0.2) is 0 Å². The number of hydrogen-bond acceptors (Lipinski definition) is 4. The fourth-order valence-corrected chi connectivity index (χ4v) is 3.40. The molecule has 1 aliphatic rings. The zero-order valence-corrected chi connectivity index (χ0v) is 15.6. The predicted octanol–water partition coefficient (Wildman–Crippen LogP) is 3.06. The van der Waals surface area contributed by atoms with E-state index in [0.717, 1.165) is 18.5 Å². The Morgan fingerprint density at radius 2 is 1.59 bits per heavy atom. The van der Waals surface area contributed by atoms with Crippen LogP contribution >= 0.6 is 0 Å². The molecule has 5 heteroatoms. The second-order valence-electron chi connectivity index (χ2n) is 6.93. The van der Waals surface area contributed by atoms with E-state index in [9.17, 15) is 14.7 Å².